The molecular weight excluding hydrogens is 348 g/mol. The number of anilines is 1. The molecule has 1 saturated heterocycles. The van der Waals surface area contributed by atoms with Gasteiger partial charge in [-0.25, -0.2) is 9.48 Å². The van der Waals surface area contributed by atoms with E-state index < -0.39 is 0 Å². The standard InChI is InChI=1S/C18H22N6O3/c1-12-16(17(25)19-13-2-3-13)21-22-24(12)15-6-4-14(5-7-15)20-18(26)23-8-10-27-11-9-23/h4-7,13H,2-3,8-11H2,1H3,(H,19,25)(H,20,26). The Morgan fingerprint density at radius 2 is 1.85 bits per heavy atom. The van der Waals surface area contributed by atoms with E-state index in [0.29, 0.717) is 43.4 Å². The van der Waals surface area contributed by atoms with Crippen LogP contribution in [0.3, 0.4) is 0 Å². The fourth-order valence-electron chi connectivity index (χ4n) is 2.92. The van der Waals surface area contributed by atoms with Crippen molar-refractivity contribution in [2.75, 3.05) is 31.6 Å². The second-order valence-electron chi connectivity index (χ2n) is 6.76. The summed E-state index contributed by atoms with van der Waals surface area (Å²) in [5, 5.41) is 13.9. The molecule has 9 nitrogen and oxygen atoms in total. The lowest BCUT2D eigenvalue weighted by Gasteiger charge is -2.26. The van der Waals surface area contributed by atoms with Crippen molar-refractivity contribution >= 4 is 17.6 Å². The Morgan fingerprint density at radius 3 is 2.52 bits per heavy atom. The summed E-state index contributed by atoms with van der Waals surface area (Å²) in [4.78, 5) is 26.2. The van der Waals surface area contributed by atoms with Crippen molar-refractivity contribution in [1.82, 2.24) is 25.2 Å². The lowest BCUT2D eigenvalue weighted by Crippen LogP contribution is -2.43. The van der Waals surface area contributed by atoms with Crippen molar-refractivity contribution in [3.05, 3.63) is 35.7 Å². The summed E-state index contributed by atoms with van der Waals surface area (Å²) >= 11 is 0. The maximum Gasteiger partial charge on any atom is 0.321 e. The summed E-state index contributed by atoms with van der Waals surface area (Å²) in [6.07, 6.45) is 2.05. The van der Waals surface area contributed by atoms with Gasteiger partial charge in [-0.05, 0) is 44.0 Å². The Bertz CT molecular complexity index is 837. The van der Waals surface area contributed by atoms with Gasteiger partial charge in [0.2, 0.25) is 0 Å². The number of carbonyl (C=O) groups excluding carboxylic acids is 2. The molecule has 142 valence electrons. The third kappa shape index (κ3) is 3.92. The number of nitrogens with zero attached hydrogens (tertiary/aromatic N) is 4. The first-order chi connectivity index (χ1) is 13.1. The van der Waals surface area contributed by atoms with Gasteiger partial charge in [-0.3, -0.25) is 4.79 Å². The largest absolute Gasteiger partial charge is 0.378 e. The van der Waals surface area contributed by atoms with Crippen LogP contribution in [0.4, 0.5) is 10.5 Å². The van der Waals surface area contributed by atoms with Gasteiger partial charge in [0.15, 0.2) is 5.69 Å². The zero-order chi connectivity index (χ0) is 18.8. The number of morpholine rings is 1. The van der Waals surface area contributed by atoms with Gasteiger partial charge in [0.05, 0.1) is 24.6 Å². The smallest absolute Gasteiger partial charge is 0.321 e. The predicted octanol–water partition coefficient (Wildman–Crippen LogP) is 1.33. The summed E-state index contributed by atoms with van der Waals surface area (Å²) in [5.74, 6) is -0.185. The van der Waals surface area contributed by atoms with Crippen LogP contribution >= 0.6 is 0 Å². The SMILES string of the molecule is Cc1c(C(=O)NC2CC2)nnn1-c1ccc(NC(=O)N2CCOCC2)cc1. The highest BCUT2D eigenvalue weighted by molar-refractivity contribution is 5.93. The van der Waals surface area contributed by atoms with Gasteiger partial charge in [0.25, 0.3) is 5.91 Å². The lowest BCUT2D eigenvalue weighted by atomic mass is 10.2. The highest BCUT2D eigenvalue weighted by Gasteiger charge is 2.26. The van der Waals surface area contributed by atoms with E-state index in [2.05, 4.69) is 20.9 Å². The van der Waals surface area contributed by atoms with E-state index in [9.17, 15) is 9.59 Å². The summed E-state index contributed by atoms with van der Waals surface area (Å²) in [6.45, 7) is 4.13. The second kappa shape index (κ2) is 7.36. The molecule has 2 fully saturated rings. The third-order valence-electron chi connectivity index (χ3n) is 4.68. The molecule has 0 atom stereocenters. The predicted molar refractivity (Wildman–Crippen MR) is 98.0 cm³/mol. The average molecular weight is 370 g/mol. The first-order valence-corrected chi connectivity index (χ1v) is 9.09. The molecule has 4 rings (SSSR count). The maximum atomic E-state index is 12.2. The van der Waals surface area contributed by atoms with E-state index in [4.69, 9.17) is 4.74 Å². The molecule has 2 heterocycles. The number of rotatable bonds is 4. The number of hydrogen-bond donors (Lipinski definition) is 2. The van der Waals surface area contributed by atoms with Crippen LogP contribution in [0.5, 0.6) is 0 Å². The topological polar surface area (TPSA) is 101 Å². The molecule has 27 heavy (non-hydrogen) atoms. The summed E-state index contributed by atoms with van der Waals surface area (Å²) < 4.78 is 6.87. The molecule has 1 saturated carbocycles. The van der Waals surface area contributed by atoms with Gasteiger partial charge in [-0.2, -0.15) is 0 Å². The van der Waals surface area contributed by atoms with Gasteiger partial charge in [-0.15, -0.1) is 5.10 Å². The Labute approximate surface area is 156 Å². The fraction of sp³-hybridized carbons (Fsp3) is 0.444. The summed E-state index contributed by atoms with van der Waals surface area (Å²) in [6, 6.07) is 7.41. The molecule has 0 spiro atoms. The van der Waals surface area contributed by atoms with Crippen LogP contribution in [0.25, 0.3) is 5.69 Å². The monoisotopic (exact) mass is 370 g/mol. The van der Waals surface area contributed by atoms with Crippen molar-refractivity contribution in [2.24, 2.45) is 0 Å². The zero-order valence-electron chi connectivity index (χ0n) is 15.1. The number of amides is 3. The van der Waals surface area contributed by atoms with Crippen LogP contribution in [0, 0.1) is 6.92 Å². The fourth-order valence-corrected chi connectivity index (χ4v) is 2.92. The van der Waals surface area contributed by atoms with Crippen molar-refractivity contribution < 1.29 is 14.3 Å². The molecule has 1 aromatic carbocycles. The van der Waals surface area contributed by atoms with Crippen molar-refractivity contribution in [3.63, 3.8) is 0 Å². The first-order valence-electron chi connectivity index (χ1n) is 9.09. The molecule has 2 aromatic rings. The molecular formula is C18H22N6O3. The Hall–Kier alpha value is -2.94. The van der Waals surface area contributed by atoms with Crippen LogP contribution in [0.2, 0.25) is 0 Å². The molecule has 0 bridgehead atoms. The number of urea groups is 1. The van der Waals surface area contributed by atoms with Gasteiger partial charge in [0, 0.05) is 24.8 Å². The summed E-state index contributed by atoms with van der Waals surface area (Å²) in [7, 11) is 0. The number of nitrogens with one attached hydrogen (secondary N) is 2. The lowest BCUT2D eigenvalue weighted by molar-refractivity contribution is 0.0564. The number of carbonyl (C=O) groups is 2. The minimum absolute atomic E-state index is 0.137. The maximum absolute atomic E-state index is 12.2. The number of hydrogen-bond acceptors (Lipinski definition) is 5. The molecule has 1 aromatic heterocycles. The number of ether oxygens (including phenoxy) is 1. The summed E-state index contributed by atoms with van der Waals surface area (Å²) in [5.41, 5.74) is 2.49. The van der Waals surface area contributed by atoms with E-state index in [1.54, 1.807) is 21.7 Å². The molecule has 1 aliphatic carbocycles. The van der Waals surface area contributed by atoms with E-state index >= 15 is 0 Å². The molecule has 3 amide bonds. The normalized spacial score (nSPS) is 16.9. The van der Waals surface area contributed by atoms with Gasteiger partial charge < -0.3 is 20.3 Å². The molecule has 9 heteroatoms. The highest BCUT2D eigenvalue weighted by atomic mass is 16.5. The molecule has 2 aliphatic rings. The minimum Gasteiger partial charge on any atom is -0.378 e. The quantitative estimate of drug-likeness (QED) is 0.846. The van der Waals surface area contributed by atoms with Crippen LogP contribution in [0.1, 0.15) is 29.0 Å². The minimum atomic E-state index is -0.185. The Kier molecular flexibility index (Phi) is 4.76. The van der Waals surface area contributed by atoms with Gasteiger partial charge in [0.1, 0.15) is 0 Å². The highest BCUT2D eigenvalue weighted by Crippen LogP contribution is 2.20. The average Bonchev–Trinajstić information content (AvgIpc) is 3.42. The van der Waals surface area contributed by atoms with Crippen molar-refractivity contribution in [3.8, 4) is 5.69 Å². The number of aromatic nitrogens is 3. The molecule has 1 aliphatic heterocycles. The first kappa shape index (κ1) is 17.5. The van der Waals surface area contributed by atoms with E-state index in [1.807, 2.05) is 19.1 Å². The van der Waals surface area contributed by atoms with Crippen LogP contribution in [-0.2, 0) is 4.74 Å². The zero-order valence-corrected chi connectivity index (χ0v) is 15.1. The molecule has 0 radical (unpaired) electrons. The third-order valence-corrected chi connectivity index (χ3v) is 4.68. The van der Waals surface area contributed by atoms with E-state index in [1.165, 1.54) is 0 Å². The van der Waals surface area contributed by atoms with Crippen LogP contribution < -0.4 is 10.6 Å². The second-order valence-corrected chi connectivity index (χ2v) is 6.76. The number of benzene rings is 1. The Morgan fingerprint density at radius 1 is 1.15 bits per heavy atom. The van der Waals surface area contributed by atoms with E-state index in [0.717, 1.165) is 18.5 Å². The van der Waals surface area contributed by atoms with Crippen LogP contribution in [-0.4, -0.2) is 64.2 Å². The molecule has 2 N–H and O–H groups in total. The van der Waals surface area contributed by atoms with Crippen molar-refractivity contribution in [2.45, 2.75) is 25.8 Å². The Balaban J connectivity index is 1.43. The van der Waals surface area contributed by atoms with Gasteiger partial charge in [-0.1, -0.05) is 5.21 Å². The van der Waals surface area contributed by atoms with Gasteiger partial charge >= 0.3 is 6.03 Å². The van der Waals surface area contributed by atoms with Crippen LogP contribution in [0.15, 0.2) is 24.3 Å². The van der Waals surface area contributed by atoms with E-state index in [-0.39, 0.29) is 18.0 Å². The molecule has 0 unspecified atom stereocenters. The van der Waals surface area contributed by atoms with Crippen molar-refractivity contribution in [1.29, 1.82) is 0 Å².